The molecule has 1 amide bonds. The Morgan fingerprint density at radius 2 is 2.21 bits per heavy atom. The maximum atomic E-state index is 12.2. The quantitative estimate of drug-likeness (QED) is 0.684. The van der Waals surface area contributed by atoms with Gasteiger partial charge in [-0.25, -0.2) is 0 Å². The van der Waals surface area contributed by atoms with Crippen molar-refractivity contribution >= 4 is 28.2 Å². The lowest BCUT2D eigenvalue weighted by Gasteiger charge is -2.16. The van der Waals surface area contributed by atoms with Gasteiger partial charge in [-0.05, 0) is 36.0 Å². The second-order valence-electron chi connectivity index (χ2n) is 6.64. The van der Waals surface area contributed by atoms with Crippen molar-refractivity contribution in [3.8, 4) is 5.19 Å². The van der Waals surface area contributed by atoms with Crippen molar-refractivity contribution in [2.75, 3.05) is 23.3 Å². The van der Waals surface area contributed by atoms with Gasteiger partial charge in [0, 0.05) is 19.2 Å². The third-order valence-electron chi connectivity index (χ3n) is 4.39. The summed E-state index contributed by atoms with van der Waals surface area (Å²) in [6.45, 7) is 3.57. The van der Waals surface area contributed by atoms with E-state index in [9.17, 15) is 4.79 Å². The standard InChI is InChI=1S/C19H20N6O2S/c1-13-4-2-5-14(10-13)11-17(26)21-18-23-24-19(28-18)27-15-7-9-25(12-15)16-6-3-8-20-22-16/h2-6,8,10,15H,7,9,11-12H2,1H3,(H,21,23,26)/t15-/m1/s1. The zero-order chi connectivity index (χ0) is 19.3. The van der Waals surface area contributed by atoms with Gasteiger partial charge in [0.15, 0.2) is 5.82 Å². The molecule has 1 aromatic carbocycles. The van der Waals surface area contributed by atoms with Crippen LogP contribution in [0.4, 0.5) is 10.9 Å². The average Bonchev–Trinajstić information content (AvgIpc) is 3.32. The molecule has 1 fully saturated rings. The van der Waals surface area contributed by atoms with E-state index in [-0.39, 0.29) is 12.0 Å². The smallest absolute Gasteiger partial charge is 0.296 e. The van der Waals surface area contributed by atoms with E-state index in [1.54, 1.807) is 6.20 Å². The molecule has 0 radical (unpaired) electrons. The highest BCUT2D eigenvalue weighted by Gasteiger charge is 2.26. The summed E-state index contributed by atoms with van der Waals surface area (Å²) in [5.41, 5.74) is 2.09. The Hall–Kier alpha value is -3.07. The van der Waals surface area contributed by atoms with Crippen molar-refractivity contribution in [1.29, 1.82) is 0 Å². The lowest BCUT2D eigenvalue weighted by atomic mass is 10.1. The minimum absolute atomic E-state index is 0.00537. The molecule has 28 heavy (non-hydrogen) atoms. The number of amides is 1. The molecule has 1 atom stereocenters. The van der Waals surface area contributed by atoms with Crippen molar-refractivity contribution < 1.29 is 9.53 Å². The highest BCUT2D eigenvalue weighted by molar-refractivity contribution is 7.17. The largest absolute Gasteiger partial charge is 0.464 e. The number of benzene rings is 1. The Morgan fingerprint density at radius 1 is 1.29 bits per heavy atom. The number of hydrogen-bond donors (Lipinski definition) is 1. The first-order chi connectivity index (χ1) is 13.7. The lowest BCUT2D eigenvalue weighted by Crippen LogP contribution is -2.25. The van der Waals surface area contributed by atoms with Crippen molar-refractivity contribution in [3.63, 3.8) is 0 Å². The van der Waals surface area contributed by atoms with Crippen LogP contribution in [0.2, 0.25) is 0 Å². The number of aryl methyl sites for hydroxylation is 1. The van der Waals surface area contributed by atoms with E-state index in [0.29, 0.717) is 23.3 Å². The topological polar surface area (TPSA) is 93.1 Å². The molecule has 0 spiro atoms. The Kier molecular flexibility index (Phi) is 5.43. The summed E-state index contributed by atoms with van der Waals surface area (Å²) in [5.74, 6) is 0.720. The molecule has 3 heterocycles. The minimum atomic E-state index is -0.122. The van der Waals surface area contributed by atoms with Gasteiger partial charge in [0.2, 0.25) is 11.0 Å². The number of nitrogens with zero attached hydrogens (tertiary/aromatic N) is 5. The predicted molar refractivity (Wildman–Crippen MR) is 107 cm³/mol. The molecule has 0 saturated carbocycles. The lowest BCUT2D eigenvalue weighted by molar-refractivity contribution is -0.115. The maximum absolute atomic E-state index is 12.2. The highest BCUT2D eigenvalue weighted by atomic mass is 32.1. The monoisotopic (exact) mass is 396 g/mol. The van der Waals surface area contributed by atoms with Crippen molar-refractivity contribution in [3.05, 3.63) is 53.7 Å². The second kappa shape index (κ2) is 8.30. The zero-order valence-corrected chi connectivity index (χ0v) is 16.2. The Bertz CT molecular complexity index is 948. The molecule has 1 saturated heterocycles. The molecule has 1 aliphatic rings. The molecule has 1 aliphatic heterocycles. The number of nitrogens with one attached hydrogen (secondary N) is 1. The summed E-state index contributed by atoms with van der Waals surface area (Å²) in [7, 11) is 0. The number of carbonyl (C=O) groups excluding carboxylic acids is 1. The van der Waals surface area contributed by atoms with Crippen molar-refractivity contribution in [2.45, 2.75) is 25.9 Å². The summed E-state index contributed by atoms with van der Waals surface area (Å²) in [6.07, 6.45) is 2.83. The molecule has 0 aliphatic carbocycles. The first kappa shape index (κ1) is 18.3. The number of aromatic nitrogens is 4. The fourth-order valence-corrected chi connectivity index (χ4v) is 3.79. The predicted octanol–water partition coefficient (Wildman–Crippen LogP) is 2.48. The van der Waals surface area contributed by atoms with Crippen LogP contribution in [0.15, 0.2) is 42.6 Å². The molecule has 0 unspecified atom stereocenters. The van der Waals surface area contributed by atoms with Crippen LogP contribution in [0.1, 0.15) is 17.5 Å². The highest BCUT2D eigenvalue weighted by Crippen LogP contribution is 2.26. The van der Waals surface area contributed by atoms with Crippen LogP contribution in [0.25, 0.3) is 0 Å². The maximum Gasteiger partial charge on any atom is 0.296 e. The van der Waals surface area contributed by atoms with E-state index >= 15 is 0 Å². The Labute approximate surface area is 166 Å². The second-order valence-corrected chi connectivity index (χ2v) is 7.58. The van der Waals surface area contributed by atoms with Gasteiger partial charge >= 0.3 is 0 Å². The van der Waals surface area contributed by atoms with Gasteiger partial charge in [-0.2, -0.15) is 5.10 Å². The van der Waals surface area contributed by atoms with Gasteiger partial charge < -0.3 is 15.0 Å². The molecule has 9 heteroatoms. The number of rotatable bonds is 6. The van der Waals surface area contributed by atoms with Gasteiger partial charge in [0.25, 0.3) is 5.19 Å². The minimum Gasteiger partial charge on any atom is -0.464 e. The van der Waals surface area contributed by atoms with E-state index in [0.717, 1.165) is 29.9 Å². The fraction of sp³-hybridized carbons (Fsp3) is 0.316. The molecular weight excluding hydrogens is 376 g/mol. The molecule has 1 N–H and O–H groups in total. The third kappa shape index (κ3) is 4.61. The number of anilines is 2. The number of carbonyl (C=O) groups is 1. The molecule has 3 aromatic rings. The Morgan fingerprint density at radius 3 is 3.04 bits per heavy atom. The fourth-order valence-electron chi connectivity index (χ4n) is 3.12. The van der Waals surface area contributed by atoms with Gasteiger partial charge in [0.05, 0.1) is 13.0 Å². The zero-order valence-electron chi connectivity index (χ0n) is 15.4. The molecule has 8 nitrogen and oxygen atoms in total. The summed E-state index contributed by atoms with van der Waals surface area (Å²) >= 11 is 1.24. The molecule has 4 rings (SSSR count). The van der Waals surface area contributed by atoms with Crippen molar-refractivity contribution in [1.82, 2.24) is 20.4 Å². The summed E-state index contributed by atoms with van der Waals surface area (Å²) in [4.78, 5) is 14.3. The van der Waals surface area contributed by atoms with Crippen molar-refractivity contribution in [2.24, 2.45) is 0 Å². The SMILES string of the molecule is Cc1cccc(CC(=O)Nc2nnc(O[C@@H]3CCN(c4cccnn4)C3)s2)c1. The molecule has 144 valence electrons. The first-order valence-electron chi connectivity index (χ1n) is 9.04. The molecule has 0 bridgehead atoms. The summed E-state index contributed by atoms with van der Waals surface area (Å²) in [5, 5.41) is 19.8. The van der Waals surface area contributed by atoms with Gasteiger partial charge in [0.1, 0.15) is 6.10 Å². The van der Waals surface area contributed by atoms with Crippen LogP contribution in [-0.4, -0.2) is 45.5 Å². The van der Waals surface area contributed by atoms with Gasteiger partial charge in [-0.3, -0.25) is 4.79 Å². The van der Waals surface area contributed by atoms with E-state index < -0.39 is 0 Å². The van der Waals surface area contributed by atoms with E-state index in [1.807, 2.05) is 43.3 Å². The van der Waals surface area contributed by atoms with Gasteiger partial charge in [-0.1, -0.05) is 34.9 Å². The molecular formula is C19H20N6O2S. The first-order valence-corrected chi connectivity index (χ1v) is 9.85. The van der Waals surface area contributed by atoms with Crippen LogP contribution in [0, 0.1) is 6.92 Å². The van der Waals surface area contributed by atoms with Crippen LogP contribution in [-0.2, 0) is 11.2 Å². The van der Waals surface area contributed by atoms with E-state index in [1.165, 1.54) is 11.3 Å². The van der Waals surface area contributed by atoms with Crippen LogP contribution < -0.4 is 15.0 Å². The van der Waals surface area contributed by atoms with Crippen LogP contribution >= 0.6 is 11.3 Å². The summed E-state index contributed by atoms with van der Waals surface area (Å²) in [6, 6.07) is 11.7. The Balaban J connectivity index is 1.29. The average molecular weight is 396 g/mol. The van der Waals surface area contributed by atoms with Crippen LogP contribution in [0.5, 0.6) is 5.19 Å². The molecule has 2 aromatic heterocycles. The number of hydrogen-bond acceptors (Lipinski definition) is 8. The summed E-state index contributed by atoms with van der Waals surface area (Å²) < 4.78 is 5.93. The van der Waals surface area contributed by atoms with E-state index in [2.05, 4.69) is 30.6 Å². The van der Waals surface area contributed by atoms with Gasteiger partial charge in [-0.15, -0.1) is 10.2 Å². The van der Waals surface area contributed by atoms with Crippen LogP contribution in [0.3, 0.4) is 0 Å². The third-order valence-corrected chi connectivity index (χ3v) is 5.12. The number of ether oxygens (including phenoxy) is 1. The normalized spacial score (nSPS) is 16.2. The van der Waals surface area contributed by atoms with E-state index in [4.69, 9.17) is 4.74 Å².